The van der Waals surface area contributed by atoms with Gasteiger partial charge in [0.05, 0.1) is 6.10 Å². The lowest BCUT2D eigenvalue weighted by Crippen LogP contribution is -2.30. The van der Waals surface area contributed by atoms with Crippen molar-refractivity contribution in [2.75, 3.05) is 26.2 Å². The van der Waals surface area contributed by atoms with E-state index in [4.69, 9.17) is 10.5 Å². The average Bonchev–Trinajstić information content (AvgIpc) is 2.71. The van der Waals surface area contributed by atoms with Gasteiger partial charge in [0, 0.05) is 26.1 Å². The lowest BCUT2D eigenvalue weighted by molar-refractivity contribution is -0.130. The van der Waals surface area contributed by atoms with Crippen LogP contribution in [0.5, 0.6) is 0 Å². The van der Waals surface area contributed by atoms with E-state index in [1.54, 1.807) is 0 Å². The summed E-state index contributed by atoms with van der Waals surface area (Å²) in [7, 11) is 0. The van der Waals surface area contributed by atoms with Crippen LogP contribution in [0.3, 0.4) is 0 Å². The molecule has 1 atom stereocenters. The molecule has 17 heavy (non-hydrogen) atoms. The van der Waals surface area contributed by atoms with Gasteiger partial charge in [-0.25, -0.2) is 0 Å². The molecule has 0 aromatic heterocycles. The van der Waals surface area contributed by atoms with Crippen molar-refractivity contribution < 1.29 is 9.53 Å². The van der Waals surface area contributed by atoms with Crippen molar-refractivity contribution in [2.45, 2.75) is 39.2 Å². The number of likely N-dealkylation sites (tertiary alicyclic amines) is 1. The topological polar surface area (TPSA) is 55.6 Å². The number of hydrogen-bond acceptors (Lipinski definition) is 3. The zero-order valence-corrected chi connectivity index (χ0v) is 11.7. The van der Waals surface area contributed by atoms with E-state index in [1.165, 1.54) is 0 Å². The van der Waals surface area contributed by atoms with Gasteiger partial charge in [0.1, 0.15) is 0 Å². The van der Waals surface area contributed by atoms with Gasteiger partial charge in [0.15, 0.2) is 0 Å². The molecule has 1 fully saturated rings. The van der Waals surface area contributed by atoms with E-state index in [2.05, 4.69) is 13.8 Å². The van der Waals surface area contributed by atoms with Gasteiger partial charge in [0.2, 0.25) is 5.91 Å². The van der Waals surface area contributed by atoms with Crippen LogP contribution < -0.4 is 5.73 Å². The number of halogens is 1. The molecule has 1 amide bonds. The van der Waals surface area contributed by atoms with Crippen LogP contribution in [0, 0.1) is 5.92 Å². The third kappa shape index (κ3) is 6.24. The molecule has 2 N–H and O–H groups in total. The van der Waals surface area contributed by atoms with E-state index >= 15 is 0 Å². The van der Waals surface area contributed by atoms with Crippen molar-refractivity contribution in [3.8, 4) is 0 Å². The number of nitrogens with zero attached hydrogens (tertiary/aromatic N) is 1. The van der Waals surface area contributed by atoms with Crippen LogP contribution >= 0.6 is 12.4 Å². The van der Waals surface area contributed by atoms with Crippen molar-refractivity contribution in [2.24, 2.45) is 11.7 Å². The first-order valence-electron chi connectivity index (χ1n) is 6.23. The number of rotatable bonds is 6. The van der Waals surface area contributed by atoms with Crippen molar-refractivity contribution in [1.29, 1.82) is 0 Å². The van der Waals surface area contributed by atoms with Gasteiger partial charge in [-0.15, -0.1) is 12.4 Å². The molecule has 0 aromatic carbocycles. The highest BCUT2D eigenvalue weighted by molar-refractivity contribution is 5.85. The quantitative estimate of drug-likeness (QED) is 0.790. The molecule has 1 aliphatic heterocycles. The Morgan fingerprint density at radius 3 is 2.82 bits per heavy atom. The molecule has 0 aliphatic carbocycles. The molecule has 0 bridgehead atoms. The predicted octanol–water partition coefficient (Wildman–Crippen LogP) is 1.42. The van der Waals surface area contributed by atoms with E-state index < -0.39 is 0 Å². The summed E-state index contributed by atoms with van der Waals surface area (Å²) in [6, 6.07) is 0. The second-order valence-electron chi connectivity index (χ2n) is 4.87. The largest absolute Gasteiger partial charge is 0.376 e. The second kappa shape index (κ2) is 8.72. The molecule has 0 saturated carbocycles. The SMILES string of the molecule is CC(C)COC1CCN(C(=O)CCCN)C1.Cl. The zero-order valence-electron chi connectivity index (χ0n) is 10.9. The highest BCUT2D eigenvalue weighted by Gasteiger charge is 2.26. The highest BCUT2D eigenvalue weighted by atomic mass is 35.5. The van der Waals surface area contributed by atoms with Gasteiger partial charge >= 0.3 is 0 Å². The number of amides is 1. The van der Waals surface area contributed by atoms with Crippen LogP contribution in [-0.4, -0.2) is 43.2 Å². The first kappa shape index (κ1) is 16.7. The van der Waals surface area contributed by atoms with Gasteiger partial charge in [-0.1, -0.05) is 13.8 Å². The second-order valence-corrected chi connectivity index (χ2v) is 4.87. The number of nitrogens with two attached hydrogens (primary N) is 1. The Hall–Kier alpha value is -0.320. The smallest absolute Gasteiger partial charge is 0.222 e. The van der Waals surface area contributed by atoms with E-state index in [0.717, 1.165) is 32.5 Å². The summed E-state index contributed by atoms with van der Waals surface area (Å²) in [5, 5.41) is 0. The summed E-state index contributed by atoms with van der Waals surface area (Å²) in [6.07, 6.45) is 2.57. The molecule has 1 heterocycles. The van der Waals surface area contributed by atoms with Crippen LogP contribution in [-0.2, 0) is 9.53 Å². The fraction of sp³-hybridized carbons (Fsp3) is 0.917. The van der Waals surface area contributed by atoms with E-state index in [9.17, 15) is 4.79 Å². The van der Waals surface area contributed by atoms with Crippen LogP contribution in [0.4, 0.5) is 0 Å². The minimum absolute atomic E-state index is 0. The maximum atomic E-state index is 11.7. The number of hydrogen-bond donors (Lipinski definition) is 1. The third-order valence-corrected chi connectivity index (χ3v) is 2.76. The molecule has 1 unspecified atom stereocenters. The lowest BCUT2D eigenvalue weighted by Gasteiger charge is -2.17. The minimum atomic E-state index is 0. The molecular weight excluding hydrogens is 240 g/mol. The normalized spacial score (nSPS) is 19.5. The first-order valence-corrected chi connectivity index (χ1v) is 6.23. The Labute approximate surface area is 110 Å². The van der Waals surface area contributed by atoms with Gasteiger partial charge in [-0.2, -0.15) is 0 Å². The predicted molar refractivity (Wildman–Crippen MR) is 71.3 cm³/mol. The van der Waals surface area contributed by atoms with Crippen molar-refractivity contribution in [3.63, 3.8) is 0 Å². The molecule has 5 heteroatoms. The zero-order chi connectivity index (χ0) is 12.0. The Balaban J connectivity index is 0.00000256. The molecule has 0 aromatic rings. The van der Waals surface area contributed by atoms with Crippen LogP contribution in [0.25, 0.3) is 0 Å². The Morgan fingerprint density at radius 2 is 2.24 bits per heavy atom. The summed E-state index contributed by atoms with van der Waals surface area (Å²) >= 11 is 0. The number of carbonyl (C=O) groups excluding carboxylic acids is 1. The average molecular weight is 265 g/mol. The van der Waals surface area contributed by atoms with E-state index in [-0.39, 0.29) is 24.4 Å². The molecule has 0 radical (unpaired) electrons. The van der Waals surface area contributed by atoms with Gasteiger partial charge in [0.25, 0.3) is 0 Å². The molecule has 102 valence electrons. The maximum absolute atomic E-state index is 11.7. The molecule has 1 rings (SSSR count). The summed E-state index contributed by atoms with van der Waals surface area (Å²) in [5.74, 6) is 0.781. The molecule has 1 aliphatic rings. The lowest BCUT2D eigenvalue weighted by atomic mass is 10.2. The Morgan fingerprint density at radius 1 is 1.53 bits per heavy atom. The van der Waals surface area contributed by atoms with Crippen molar-refractivity contribution in [3.05, 3.63) is 0 Å². The third-order valence-electron chi connectivity index (χ3n) is 2.76. The number of carbonyl (C=O) groups is 1. The Kier molecular flexibility index (Phi) is 8.56. The summed E-state index contributed by atoms with van der Waals surface area (Å²) in [6.45, 7) is 7.25. The summed E-state index contributed by atoms with van der Waals surface area (Å²) < 4.78 is 5.73. The van der Waals surface area contributed by atoms with E-state index in [0.29, 0.717) is 18.9 Å². The van der Waals surface area contributed by atoms with Crippen LogP contribution in [0.15, 0.2) is 0 Å². The van der Waals surface area contributed by atoms with Gasteiger partial charge < -0.3 is 15.4 Å². The Bertz CT molecular complexity index is 225. The minimum Gasteiger partial charge on any atom is -0.376 e. The summed E-state index contributed by atoms with van der Waals surface area (Å²) in [4.78, 5) is 13.6. The number of ether oxygens (including phenoxy) is 1. The standard InChI is InChI=1S/C12H24N2O2.ClH/c1-10(2)9-16-11-5-7-14(8-11)12(15)4-3-6-13;/h10-11H,3-9,13H2,1-2H3;1H. The van der Waals surface area contributed by atoms with Crippen LogP contribution in [0.2, 0.25) is 0 Å². The van der Waals surface area contributed by atoms with Gasteiger partial charge in [-0.05, 0) is 25.3 Å². The fourth-order valence-corrected chi connectivity index (χ4v) is 1.83. The highest BCUT2D eigenvalue weighted by Crippen LogP contribution is 2.15. The molecule has 1 saturated heterocycles. The van der Waals surface area contributed by atoms with Crippen molar-refractivity contribution in [1.82, 2.24) is 4.90 Å². The first-order chi connectivity index (χ1) is 7.63. The molecule has 4 nitrogen and oxygen atoms in total. The van der Waals surface area contributed by atoms with Gasteiger partial charge in [-0.3, -0.25) is 4.79 Å². The maximum Gasteiger partial charge on any atom is 0.222 e. The van der Waals surface area contributed by atoms with Crippen molar-refractivity contribution >= 4 is 18.3 Å². The monoisotopic (exact) mass is 264 g/mol. The van der Waals surface area contributed by atoms with Crippen LogP contribution in [0.1, 0.15) is 33.1 Å². The fourth-order valence-electron chi connectivity index (χ4n) is 1.83. The van der Waals surface area contributed by atoms with E-state index in [1.807, 2.05) is 4.90 Å². The summed E-state index contributed by atoms with van der Waals surface area (Å²) in [5.41, 5.74) is 5.39. The molecule has 0 spiro atoms. The molecular formula is C12H25ClN2O2.